The second kappa shape index (κ2) is 7.58. The molecule has 0 atom stereocenters. The molecule has 1 N–H and O–H groups in total. The molecule has 5 heteroatoms. The van der Waals surface area contributed by atoms with Crippen molar-refractivity contribution in [2.45, 2.75) is 27.7 Å². The van der Waals surface area contributed by atoms with Crippen LogP contribution in [-0.2, 0) is 0 Å². The Kier molecular flexibility index (Phi) is 5.73. The molecule has 0 radical (unpaired) electrons. The molecule has 0 bridgehead atoms. The van der Waals surface area contributed by atoms with Gasteiger partial charge in [-0.1, -0.05) is 31.5 Å². The summed E-state index contributed by atoms with van der Waals surface area (Å²) >= 11 is 6.05. The molecule has 1 aromatic carbocycles. The zero-order chi connectivity index (χ0) is 17.9. The van der Waals surface area contributed by atoms with E-state index in [9.17, 15) is 8.78 Å². The van der Waals surface area contributed by atoms with Crippen molar-refractivity contribution in [1.82, 2.24) is 9.97 Å². The van der Waals surface area contributed by atoms with Gasteiger partial charge in [-0.25, -0.2) is 13.8 Å². The van der Waals surface area contributed by atoms with Crippen molar-refractivity contribution in [2.24, 2.45) is 0 Å². The minimum absolute atomic E-state index is 0.268. The molecule has 2 heterocycles. The van der Waals surface area contributed by atoms with Gasteiger partial charge in [-0.2, -0.15) is 0 Å². The van der Waals surface area contributed by atoms with Crippen LogP contribution in [0.5, 0.6) is 0 Å². The molecule has 0 spiro atoms. The Morgan fingerprint density at radius 1 is 1.21 bits per heavy atom. The Morgan fingerprint density at radius 3 is 2.54 bits per heavy atom. The largest absolute Gasteiger partial charge is 0.358 e. The fraction of sp³-hybridized carbons (Fsp3) is 0.211. The molecule has 0 aliphatic carbocycles. The average Bonchev–Trinajstić information content (AvgIpc) is 3.00. The first-order chi connectivity index (χ1) is 11.5. The standard InChI is InChI=1S/C17H13ClF2N2.C2H6/c1-3-15-11(9(2)18)4-5-16(22-15)13-8-21-17-12(13)6-10(19)7-14(17)20;1-2/h3-8,21H,1-2H3;1-2H3/b11-9+,15-3+;. The van der Waals surface area contributed by atoms with Gasteiger partial charge in [0, 0.05) is 33.5 Å². The molecule has 0 saturated heterocycles. The van der Waals surface area contributed by atoms with E-state index in [0.29, 0.717) is 21.7 Å². The van der Waals surface area contributed by atoms with E-state index in [1.54, 1.807) is 19.2 Å². The number of aromatic amines is 1. The van der Waals surface area contributed by atoms with E-state index in [1.807, 2.05) is 32.9 Å². The Balaban J connectivity index is 0.00000100. The number of rotatable bonds is 1. The predicted molar refractivity (Wildman–Crippen MR) is 97.1 cm³/mol. The zero-order valence-corrected chi connectivity index (χ0v) is 14.8. The molecular weight excluding hydrogens is 330 g/mol. The molecule has 0 aliphatic heterocycles. The molecule has 126 valence electrons. The van der Waals surface area contributed by atoms with Crippen molar-refractivity contribution in [3.8, 4) is 11.3 Å². The van der Waals surface area contributed by atoms with Crippen LogP contribution in [0.1, 0.15) is 27.7 Å². The lowest BCUT2D eigenvalue weighted by molar-refractivity contribution is 0.591. The van der Waals surface area contributed by atoms with Crippen molar-refractivity contribution in [1.29, 1.82) is 0 Å². The highest BCUT2D eigenvalue weighted by Crippen LogP contribution is 2.28. The van der Waals surface area contributed by atoms with Gasteiger partial charge in [0.15, 0.2) is 0 Å². The first kappa shape index (κ1) is 18.1. The summed E-state index contributed by atoms with van der Waals surface area (Å²) in [6.45, 7) is 7.66. The van der Waals surface area contributed by atoms with E-state index in [1.165, 1.54) is 6.07 Å². The summed E-state index contributed by atoms with van der Waals surface area (Å²) in [5.41, 5.74) is 1.55. The summed E-state index contributed by atoms with van der Waals surface area (Å²) in [6.07, 6.45) is 3.48. The third kappa shape index (κ3) is 3.34. The fourth-order valence-corrected chi connectivity index (χ4v) is 2.66. The first-order valence-electron chi connectivity index (χ1n) is 7.77. The van der Waals surface area contributed by atoms with Crippen LogP contribution in [0.15, 0.2) is 30.5 Å². The van der Waals surface area contributed by atoms with Crippen LogP contribution in [0.4, 0.5) is 8.78 Å². The molecule has 0 amide bonds. The highest BCUT2D eigenvalue weighted by molar-refractivity contribution is 6.44. The van der Waals surface area contributed by atoms with Crippen LogP contribution < -0.4 is 10.6 Å². The van der Waals surface area contributed by atoms with Gasteiger partial charge >= 0.3 is 0 Å². The molecule has 3 rings (SSSR count). The molecule has 24 heavy (non-hydrogen) atoms. The third-order valence-corrected chi connectivity index (χ3v) is 3.75. The van der Waals surface area contributed by atoms with Crippen LogP contribution in [0.2, 0.25) is 0 Å². The SMILES string of the molecule is C/C=c1/nc(-c2c[nH]c3c(F)cc(F)cc23)cc/c1=C(/C)Cl.CC. The lowest BCUT2D eigenvalue weighted by Gasteiger charge is -2.01. The van der Waals surface area contributed by atoms with Gasteiger partial charge in [-0.15, -0.1) is 0 Å². The highest BCUT2D eigenvalue weighted by atomic mass is 35.5. The van der Waals surface area contributed by atoms with Crippen LogP contribution in [0.25, 0.3) is 33.3 Å². The Hall–Kier alpha value is -2.20. The third-order valence-electron chi connectivity index (χ3n) is 3.55. The van der Waals surface area contributed by atoms with Gasteiger partial charge in [-0.3, -0.25) is 0 Å². The van der Waals surface area contributed by atoms with Crippen LogP contribution in [0, 0.1) is 11.6 Å². The smallest absolute Gasteiger partial charge is 0.150 e. The number of H-pyrrole nitrogens is 1. The molecule has 0 fully saturated rings. The molecule has 0 aliphatic rings. The van der Waals surface area contributed by atoms with Crippen molar-refractivity contribution >= 4 is 33.6 Å². The van der Waals surface area contributed by atoms with Gasteiger partial charge in [-0.05, 0) is 32.0 Å². The number of hydrogen-bond donors (Lipinski definition) is 1. The maximum atomic E-state index is 13.8. The quantitative estimate of drug-likeness (QED) is 0.678. The summed E-state index contributed by atoms with van der Waals surface area (Å²) in [4.78, 5) is 7.37. The second-order valence-electron chi connectivity index (χ2n) is 4.96. The number of nitrogens with zero attached hydrogens (tertiary/aromatic N) is 1. The van der Waals surface area contributed by atoms with E-state index in [0.717, 1.165) is 16.6 Å². The minimum atomic E-state index is -0.620. The number of fused-ring (bicyclic) bond motifs is 1. The number of benzene rings is 1. The van der Waals surface area contributed by atoms with E-state index in [-0.39, 0.29) is 5.52 Å². The van der Waals surface area contributed by atoms with Gasteiger partial charge in [0.05, 0.1) is 16.6 Å². The summed E-state index contributed by atoms with van der Waals surface area (Å²) in [6, 6.07) is 5.80. The predicted octanol–water partition coefficient (Wildman–Crippen LogP) is 4.70. The topological polar surface area (TPSA) is 28.7 Å². The molecule has 2 aromatic heterocycles. The normalized spacial score (nSPS) is 12.9. The van der Waals surface area contributed by atoms with Gasteiger partial charge in [0.2, 0.25) is 0 Å². The Labute approximate surface area is 144 Å². The maximum Gasteiger partial charge on any atom is 0.150 e. The number of nitrogens with one attached hydrogen (secondary N) is 1. The van der Waals surface area contributed by atoms with Crippen LogP contribution in [0.3, 0.4) is 0 Å². The van der Waals surface area contributed by atoms with Gasteiger partial charge < -0.3 is 4.98 Å². The van der Waals surface area contributed by atoms with Gasteiger partial charge in [0.1, 0.15) is 11.6 Å². The maximum absolute atomic E-state index is 13.8. The van der Waals surface area contributed by atoms with Crippen LogP contribution >= 0.6 is 11.6 Å². The summed E-state index contributed by atoms with van der Waals surface area (Å²) < 4.78 is 27.3. The lowest BCUT2D eigenvalue weighted by atomic mass is 10.1. The summed E-state index contributed by atoms with van der Waals surface area (Å²) in [7, 11) is 0. The average molecular weight is 349 g/mol. The lowest BCUT2D eigenvalue weighted by Crippen LogP contribution is -2.28. The number of halogens is 3. The van der Waals surface area contributed by atoms with E-state index in [2.05, 4.69) is 9.97 Å². The van der Waals surface area contributed by atoms with Crippen LogP contribution in [-0.4, -0.2) is 9.97 Å². The molecule has 0 unspecified atom stereocenters. The first-order valence-corrected chi connectivity index (χ1v) is 8.15. The minimum Gasteiger partial charge on any atom is -0.358 e. The van der Waals surface area contributed by atoms with E-state index in [4.69, 9.17) is 11.6 Å². The monoisotopic (exact) mass is 348 g/mol. The van der Waals surface area contributed by atoms with E-state index < -0.39 is 11.6 Å². The van der Waals surface area contributed by atoms with Gasteiger partial charge in [0.25, 0.3) is 0 Å². The molecule has 3 aromatic rings. The molecule has 0 saturated carbocycles. The molecular formula is C19H19ClF2N2. The zero-order valence-electron chi connectivity index (χ0n) is 14.0. The van der Waals surface area contributed by atoms with Crippen molar-refractivity contribution in [3.63, 3.8) is 0 Å². The fourth-order valence-electron chi connectivity index (χ4n) is 2.50. The molecule has 2 nitrogen and oxygen atoms in total. The Bertz CT molecular complexity index is 987. The van der Waals surface area contributed by atoms with Crippen molar-refractivity contribution in [2.75, 3.05) is 0 Å². The summed E-state index contributed by atoms with van der Waals surface area (Å²) in [5.74, 6) is -1.24. The van der Waals surface area contributed by atoms with Crippen molar-refractivity contribution < 1.29 is 8.78 Å². The summed E-state index contributed by atoms with van der Waals surface area (Å²) in [5, 5.41) is 2.68. The number of pyridine rings is 1. The highest BCUT2D eigenvalue weighted by Gasteiger charge is 2.12. The Morgan fingerprint density at radius 2 is 1.92 bits per heavy atom. The van der Waals surface area contributed by atoms with Crippen molar-refractivity contribution in [3.05, 3.63) is 52.7 Å². The second-order valence-corrected chi connectivity index (χ2v) is 5.53. The van der Waals surface area contributed by atoms with E-state index >= 15 is 0 Å². The number of aromatic nitrogens is 2. The number of hydrogen-bond acceptors (Lipinski definition) is 1.